The van der Waals surface area contributed by atoms with E-state index < -0.39 is 12.2 Å². The van der Waals surface area contributed by atoms with Crippen molar-refractivity contribution < 1.29 is 14.6 Å². The summed E-state index contributed by atoms with van der Waals surface area (Å²) in [5, 5.41) is 9.78. The van der Waals surface area contributed by atoms with Gasteiger partial charge in [0, 0.05) is 7.11 Å². The van der Waals surface area contributed by atoms with Crippen LogP contribution in [0.5, 0.6) is 0 Å². The van der Waals surface area contributed by atoms with Crippen molar-refractivity contribution >= 4 is 34.5 Å². The van der Waals surface area contributed by atoms with Crippen LogP contribution in [0.4, 0.5) is 0 Å². The molecule has 15 heavy (non-hydrogen) atoms. The molecule has 0 saturated heterocycles. The largest absolute Gasteiger partial charge is 0.390 e. The Kier molecular flexibility index (Phi) is 5.25. The SMILES string of the molecule is COCO[C@@H](c1sc(Cl)nc1Cl)[C@H](C)O. The predicted molar refractivity (Wildman–Crippen MR) is 59.5 cm³/mol. The van der Waals surface area contributed by atoms with Crippen LogP contribution in [0.25, 0.3) is 0 Å². The molecule has 2 atom stereocenters. The van der Waals surface area contributed by atoms with Crippen molar-refractivity contribution in [2.75, 3.05) is 13.9 Å². The van der Waals surface area contributed by atoms with E-state index in [2.05, 4.69) is 4.98 Å². The lowest BCUT2D eigenvalue weighted by Crippen LogP contribution is -2.18. The Morgan fingerprint density at radius 2 is 2.20 bits per heavy atom. The molecular weight excluding hydrogens is 261 g/mol. The highest BCUT2D eigenvalue weighted by Crippen LogP contribution is 2.35. The summed E-state index contributed by atoms with van der Waals surface area (Å²) in [6, 6.07) is 0. The Bertz CT molecular complexity index is 319. The third-order valence-electron chi connectivity index (χ3n) is 1.65. The normalized spacial score (nSPS) is 15.3. The van der Waals surface area contributed by atoms with Crippen LogP contribution in [0, 0.1) is 0 Å². The number of nitrogens with zero attached hydrogens (tertiary/aromatic N) is 1. The number of hydrogen-bond acceptors (Lipinski definition) is 5. The lowest BCUT2D eigenvalue weighted by Gasteiger charge is -2.18. The molecule has 0 fully saturated rings. The second-order valence-electron chi connectivity index (χ2n) is 2.86. The minimum absolute atomic E-state index is 0.0708. The molecule has 86 valence electrons. The van der Waals surface area contributed by atoms with Crippen molar-refractivity contribution in [1.29, 1.82) is 0 Å². The number of methoxy groups -OCH3 is 1. The standard InChI is InChI=1S/C8H11Cl2NO3S/c1-4(12)5(14-3-13-2)6-7(9)11-8(10)15-6/h4-5,12H,3H2,1-2H3/t4-,5+/m0/s1. The van der Waals surface area contributed by atoms with Gasteiger partial charge in [0.1, 0.15) is 18.1 Å². The van der Waals surface area contributed by atoms with Crippen LogP contribution in [0.3, 0.4) is 0 Å². The number of rotatable bonds is 5. The highest BCUT2D eigenvalue weighted by Gasteiger charge is 2.24. The number of aliphatic hydroxyl groups is 1. The lowest BCUT2D eigenvalue weighted by molar-refractivity contribution is -0.109. The van der Waals surface area contributed by atoms with Crippen molar-refractivity contribution in [2.24, 2.45) is 0 Å². The third kappa shape index (κ3) is 3.55. The van der Waals surface area contributed by atoms with E-state index in [1.54, 1.807) is 6.92 Å². The van der Waals surface area contributed by atoms with Gasteiger partial charge in [-0.15, -0.1) is 11.3 Å². The summed E-state index contributed by atoms with van der Waals surface area (Å²) in [5.41, 5.74) is 0. The van der Waals surface area contributed by atoms with E-state index in [-0.39, 0.29) is 11.9 Å². The Balaban J connectivity index is 2.83. The van der Waals surface area contributed by atoms with E-state index in [0.717, 1.165) is 0 Å². The van der Waals surface area contributed by atoms with Crippen molar-refractivity contribution in [2.45, 2.75) is 19.1 Å². The van der Waals surface area contributed by atoms with Crippen LogP contribution in [-0.4, -0.2) is 30.1 Å². The molecule has 0 saturated carbocycles. The molecule has 4 nitrogen and oxygen atoms in total. The van der Waals surface area contributed by atoms with Gasteiger partial charge in [0.05, 0.1) is 11.0 Å². The summed E-state index contributed by atoms with van der Waals surface area (Å²) in [6.07, 6.45) is -1.28. The number of thiazole rings is 1. The van der Waals surface area contributed by atoms with Crippen LogP contribution >= 0.6 is 34.5 Å². The zero-order valence-corrected chi connectivity index (χ0v) is 10.6. The van der Waals surface area contributed by atoms with Crippen molar-refractivity contribution in [3.8, 4) is 0 Å². The van der Waals surface area contributed by atoms with E-state index >= 15 is 0 Å². The number of aliphatic hydroxyl groups excluding tert-OH is 1. The molecule has 0 bridgehead atoms. The van der Waals surface area contributed by atoms with Gasteiger partial charge in [0.15, 0.2) is 4.47 Å². The number of halogens is 2. The highest BCUT2D eigenvalue weighted by atomic mass is 35.5. The molecule has 0 radical (unpaired) electrons. The first kappa shape index (κ1) is 13.2. The second-order valence-corrected chi connectivity index (χ2v) is 4.83. The first-order chi connectivity index (χ1) is 7.06. The monoisotopic (exact) mass is 271 g/mol. The maximum Gasteiger partial charge on any atom is 0.185 e. The maximum absolute atomic E-state index is 9.52. The molecule has 0 aliphatic heterocycles. The van der Waals surface area contributed by atoms with Gasteiger partial charge in [-0.1, -0.05) is 23.2 Å². The molecule has 0 aliphatic carbocycles. The molecule has 0 spiro atoms. The van der Waals surface area contributed by atoms with E-state index in [1.165, 1.54) is 18.4 Å². The van der Waals surface area contributed by atoms with Gasteiger partial charge in [-0.05, 0) is 6.92 Å². The van der Waals surface area contributed by atoms with Crippen LogP contribution < -0.4 is 0 Å². The molecule has 1 heterocycles. The molecule has 0 unspecified atom stereocenters. The van der Waals surface area contributed by atoms with E-state index in [1.807, 2.05) is 0 Å². The van der Waals surface area contributed by atoms with Gasteiger partial charge in [-0.2, -0.15) is 0 Å². The smallest absolute Gasteiger partial charge is 0.185 e. The molecule has 0 aliphatic rings. The number of ether oxygens (including phenoxy) is 2. The van der Waals surface area contributed by atoms with Crippen LogP contribution in [0.1, 0.15) is 17.9 Å². The average Bonchev–Trinajstić information content (AvgIpc) is 2.46. The van der Waals surface area contributed by atoms with Gasteiger partial charge < -0.3 is 14.6 Å². The Morgan fingerprint density at radius 1 is 1.53 bits per heavy atom. The highest BCUT2D eigenvalue weighted by molar-refractivity contribution is 7.16. The van der Waals surface area contributed by atoms with Gasteiger partial charge >= 0.3 is 0 Å². The zero-order chi connectivity index (χ0) is 11.4. The quantitative estimate of drug-likeness (QED) is 0.837. The van der Waals surface area contributed by atoms with Gasteiger partial charge in [-0.25, -0.2) is 4.98 Å². The molecule has 0 amide bonds. The minimum Gasteiger partial charge on any atom is -0.390 e. The fraction of sp³-hybridized carbons (Fsp3) is 0.625. The van der Waals surface area contributed by atoms with Gasteiger partial charge in [0.2, 0.25) is 0 Å². The van der Waals surface area contributed by atoms with E-state index in [9.17, 15) is 5.11 Å². The maximum atomic E-state index is 9.52. The summed E-state index contributed by atoms with van der Waals surface area (Å²) in [4.78, 5) is 4.45. The van der Waals surface area contributed by atoms with Crippen LogP contribution in [-0.2, 0) is 9.47 Å². The summed E-state index contributed by atoms with van der Waals surface area (Å²) in [6.45, 7) is 1.67. The second kappa shape index (κ2) is 5.98. The molecule has 1 N–H and O–H groups in total. The molecule has 7 heteroatoms. The molecular formula is C8H11Cl2NO3S. The Morgan fingerprint density at radius 3 is 2.60 bits per heavy atom. The minimum atomic E-state index is -0.714. The van der Waals surface area contributed by atoms with Gasteiger partial charge in [0.25, 0.3) is 0 Å². The zero-order valence-electron chi connectivity index (χ0n) is 8.24. The summed E-state index contributed by atoms with van der Waals surface area (Å²) in [7, 11) is 1.50. The van der Waals surface area contributed by atoms with E-state index in [4.69, 9.17) is 32.7 Å². The third-order valence-corrected chi connectivity index (χ3v) is 3.27. The van der Waals surface area contributed by atoms with Gasteiger partial charge in [-0.3, -0.25) is 0 Å². The summed E-state index contributed by atoms with van der Waals surface area (Å²) in [5.74, 6) is 0. The van der Waals surface area contributed by atoms with Crippen molar-refractivity contribution in [3.05, 3.63) is 14.5 Å². The summed E-state index contributed by atoms with van der Waals surface area (Å²) < 4.78 is 10.4. The van der Waals surface area contributed by atoms with Crippen LogP contribution in [0.2, 0.25) is 9.62 Å². The fourth-order valence-corrected chi connectivity index (χ4v) is 2.60. The molecule has 1 rings (SSSR count). The summed E-state index contributed by atoms with van der Waals surface area (Å²) >= 11 is 12.7. The molecule has 0 aromatic carbocycles. The molecule has 1 aromatic heterocycles. The first-order valence-corrected chi connectivity index (χ1v) is 5.73. The predicted octanol–water partition coefficient (Wildman–Crippen LogP) is 2.49. The lowest BCUT2D eigenvalue weighted by atomic mass is 10.2. The Labute approximate surface area is 102 Å². The van der Waals surface area contributed by atoms with Crippen molar-refractivity contribution in [3.63, 3.8) is 0 Å². The average molecular weight is 272 g/mol. The topological polar surface area (TPSA) is 51.6 Å². The van der Waals surface area contributed by atoms with Crippen LogP contribution in [0.15, 0.2) is 0 Å². The van der Waals surface area contributed by atoms with E-state index in [0.29, 0.717) is 9.34 Å². The fourth-order valence-electron chi connectivity index (χ4n) is 1.04. The number of aromatic nitrogens is 1. The Hall–Kier alpha value is 0.0900. The molecule has 1 aromatic rings. The first-order valence-electron chi connectivity index (χ1n) is 4.16. The van der Waals surface area contributed by atoms with Crippen molar-refractivity contribution in [1.82, 2.24) is 4.98 Å². The number of hydrogen-bond donors (Lipinski definition) is 1.